The third-order valence-electron chi connectivity index (χ3n) is 12.5. The SMILES string of the molecule is CC(C)[C@H](CC(=O)[C@H](CCCCNC(=O)COCCOCCNC(=O)COCCOCCCC(=O)CCC(NC(=O)CCCCCCCCCCCCCCCCC(=O)O)C(=O)O)CC(=O)C(C)(C)C)C(N)=O. The van der Waals surface area contributed by atoms with E-state index in [0.29, 0.717) is 45.3 Å². The molecule has 0 spiro atoms. The minimum Gasteiger partial charge on any atom is -0.481 e. The zero-order valence-corrected chi connectivity index (χ0v) is 45.3. The molecular weight excluding hydrogens is 945 g/mol. The monoisotopic (exact) mass is 1040 g/mol. The van der Waals surface area contributed by atoms with Gasteiger partial charge in [0.05, 0.1) is 33.0 Å². The van der Waals surface area contributed by atoms with Crippen molar-refractivity contribution in [2.24, 2.45) is 28.9 Å². The van der Waals surface area contributed by atoms with Gasteiger partial charge in [0.25, 0.3) is 0 Å². The van der Waals surface area contributed by atoms with E-state index >= 15 is 0 Å². The maximum absolute atomic E-state index is 13.2. The predicted molar refractivity (Wildman–Crippen MR) is 277 cm³/mol. The van der Waals surface area contributed by atoms with Crippen molar-refractivity contribution in [2.45, 2.75) is 201 Å². The summed E-state index contributed by atoms with van der Waals surface area (Å²) in [6.45, 7) is 10.7. The van der Waals surface area contributed by atoms with Gasteiger partial charge >= 0.3 is 11.9 Å². The van der Waals surface area contributed by atoms with Crippen LogP contribution in [0.25, 0.3) is 0 Å². The highest BCUT2D eigenvalue weighted by atomic mass is 16.5. The van der Waals surface area contributed by atoms with Crippen LogP contribution in [0.15, 0.2) is 0 Å². The second kappa shape index (κ2) is 44.0. The lowest BCUT2D eigenvalue weighted by Gasteiger charge is -2.24. The lowest BCUT2D eigenvalue weighted by Crippen LogP contribution is -2.41. The molecule has 19 heteroatoms. The Morgan fingerprint density at radius 1 is 0.507 bits per heavy atom. The predicted octanol–water partition coefficient (Wildman–Crippen LogP) is 6.82. The highest BCUT2D eigenvalue weighted by Gasteiger charge is 2.31. The lowest BCUT2D eigenvalue weighted by molar-refractivity contribution is -0.142. The molecule has 7 N–H and O–H groups in total. The molecule has 0 aliphatic rings. The molecule has 0 bridgehead atoms. The van der Waals surface area contributed by atoms with E-state index in [1.165, 1.54) is 44.9 Å². The van der Waals surface area contributed by atoms with Gasteiger partial charge in [-0.1, -0.05) is 118 Å². The van der Waals surface area contributed by atoms with Gasteiger partial charge in [-0.15, -0.1) is 0 Å². The van der Waals surface area contributed by atoms with Crippen molar-refractivity contribution in [3.63, 3.8) is 0 Å². The number of amides is 4. The Morgan fingerprint density at radius 3 is 1.49 bits per heavy atom. The number of ketones is 3. The third-order valence-corrected chi connectivity index (χ3v) is 12.5. The Balaban J connectivity index is 3.88. The van der Waals surface area contributed by atoms with Crippen molar-refractivity contribution in [1.82, 2.24) is 16.0 Å². The maximum atomic E-state index is 13.2. The molecule has 1 unspecified atom stereocenters. The van der Waals surface area contributed by atoms with Crippen LogP contribution < -0.4 is 21.7 Å². The number of aliphatic carboxylic acids is 2. The van der Waals surface area contributed by atoms with Gasteiger partial charge in [0.15, 0.2) is 0 Å². The fraction of sp³-hybridized carbons (Fsp3) is 0.833. The summed E-state index contributed by atoms with van der Waals surface area (Å²) in [5.74, 6) is -4.83. The number of primary amides is 1. The van der Waals surface area contributed by atoms with E-state index in [1.807, 2.05) is 34.6 Å². The fourth-order valence-corrected chi connectivity index (χ4v) is 7.84. The summed E-state index contributed by atoms with van der Waals surface area (Å²) >= 11 is 0. The van der Waals surface area contributed by atoms with Crippen molar-refractivity contribution < 1.29 is 72.3 Å². The molecule has 0 aliphatic carbocycles. The Bertz CT molecular complexity index is 1580. The lowest BCUT2D eigenvalue weighted by atomic mass is 9.79. The van der Waals surface area contributed by atoms with Crippen molar-refractivity contribution in [1.29, 1.82) is 0 Å². The van der Waals surface area contributed by atoms with Crippen LogP contribution in [0.4, 0.5) is 0 Å². The van der Waals surface area contributed by atoms with Gasteiger partial charge < -0.3 is 50.8 Å². The summed E-state index contributed by atoms with van der Waals surface area (Å²) in [6, 6.07) is -1.11. The first-order valence-electron chi connectivity index (χ1n) is 27.2. The number of carbonyl (C=O) groups is 9. The number of hydrogen-bond donors (Lipinski definition) is 6. The van der Waals surface area contributed by atoms with Crippen molar-refractivity contribution in [2.75, 3.05) is 65.9 Å². The quantitative estimate of drug-likeness (QED) is 0.0341. The number of carbonyl (C=O) groups excluding carboxylic acids is 7. The number of Topliss-reactive ketones (excluding diaryl/α,β-unsaturated/α-hetero) is 3. The van der Waals surface area contributed by atoms with E-state index in [4.69, 9.17) is 29.8 Å². The average molecular weight is 1040 g/mol. The summed E-state index contributed by atoms with van der Waals surface area (Å²) in [4.78, 5) is 109. The zero-order valence-electron chi connectivity index (χ0n) is 45.3. The number of unbranched alkanes of at least 4 members (excludes halogenated alkanes) is 14. The van der Waals surface area contributed by atoms with Crippen LogP contribution in [0.5, 0.6) is 0 Å². The first-order valence-corrected chi connectivity index (χ1v) is 27.2. The van der Waals surface area contributed by atoms with E-state index in [1.54, 1.807) is 0 Å². The molecule has 0 aromatic heterocycles. The molecule has 0 fully saturated rings. The second-order valence-corrected chi connectivity index (χ2v) is 20.5. The summed E-state index contributed by atoms with van der Waals surface area (Å²) in [7, 11) is 0. The van der Waals surface area contributed by atoms with Gasteiger partial charge in [0.1, 0.15) is 36.6 Å². The zero-order chi connectivity index (χ0) is 54.7. The Hall–Kier alpha value is -4.33. The van der Waals surface area contributed by atoms with Gasteiger partial charge in [0, 0.05) is 75.5 Å². The standard InChI is InChI=1S/C54H96N4O15/c1-41(2)44(52(55)67)38-46(60)42(37-47(61)54(3,4)5)23-20-21-29-56-49(63)39-73-36-34-71-32-30-57-50(64)40-72-35-33-70-31-22-24-43(59)27-28-45(53(68)69)58-48(62)25-18-16-14-12-10-8-6-7-9-11-13-15-17-19-26-51(65)66/h41-42,44-45H,6-40H2,1-5H3,(H2,55,67)(H,56,63)(H,57,64)(H,58,62)(H,65,66)(H,68,69)/t42-,44+,45?/m1/s1. The minimum absolute atomic E-state index is 0.00707. The number of hydrogen-bond acceptors (Lipinski definition) is 13. The van der Waals surface area contributed by atoms with E-state index in [-0.39, 0.29) is 139 Å². The average Bonchev–Trinajstić information content (AvgIpc) is 3.32. The Kier molecular flexibility index (Phi) is 41.4. The van der Waals surface area contributed by atoms with Crippen LogP contribution in [0.2, 0.25) is 0 Å². The molecule has 73 heavy (non-hydrogen) atoms. The molecule has 19 nitrogen and oxygen atoms in total. The van der Waals surface area contributed by atoms with E-state index in [9.17, 15) is 48.3 Å². The fourth-order valence-electron chi connectivity index (χ4n) is 7.84. The van der Waals surface area contributed by atoms with Crippen LogP contribution >= 0.6 is 0 Å². The first-order chi connectivity index (χ1) is 34.7. The smallest absolute Gasteiger partial charge is 0.326 e. The molecular formula is C54H96N4O15. The molecule has 422 valence electrons. The molecule has 0 rings (SSSR count). The maximum Gasteiger partial charge on any atom is 0.326 e. The van der Waals surface area contributed by atoms with E-state index < -0.39 is 41.1 Å². The summed E-state index contributed by atoms with van der Waals surface area (Å²) in [6.07, 6.45) is 18.0. The summed E-state index contributed by atoms with van der Waals surface area (Å²) in [5, 5.41) is 26.2. The van der Waals surface area contributed by atoms with Crippen molar-refractivity contribution in [3.8, 4) is 0 Å². The number of nitrogens with one attached hydrogen (secondary N) is 3. The summed E-state index contributed by atoms with van der Waals surface area (Å²) < 4.78 is 21.6. The van der Waals surface area contributed by atoms with E-state index in [0.717, 1.165) is 38.5 Å². The summed E-state index contributed by atoms with van der Waals surface area (Å²) in [5.41, 5.74) is 4.93. The molecule has 0 heterocycles. The molecule has 0 saturated carbocycles. The van der Waals surface area contributed by atoms with Crippen LogP contribution in [-0.4, -0.2) is 135 Å². The molecule has 4 amide bonds. The topological polar surface area (TPSA) is 293 Å². The number of ether oxygens (including phenoxy) is 4. The van der Waals surface area contributed by atoms with Gasteiger partial charge in [-0.3, -0.25) is 38.4 Å². The molecule has 3 atom stereocenters. The first kappa shape index (κ1) is 68.7. The minimum atomic E-state index is -1.17. The third kappa shape index (κ3) is 41.7. The Morgan fingerprint density at radius 2 is 1.00 bits per heavy atom. The van der Waals surface area contributed by atoms with Crippen molar-refractivity contribution in [3.05, 3.63) is 0 Å². The number of carboxylic acid groups (broad SMARTS) is 2. The van der Waals surface area contributed by atoms with Crippen LogP contribution in [-0.2, 0) is 62.1 Å². The van der Waals surface area contributed by atoms with Crippen LogP contribution in [0.3, 0.4) is 0 Å². The van der Waals surface area contributed by atoms with Crippen LogP contribution in [0.1, 0.15) is 195 Å². The molecule has 0 radical (unpaired) electrons. The number of nitrogens with two attached hydrogens (primary N) is 1. The number of rotatable bonds is 51. The Labute approximate surface area is 436 Å². The normalized spacial score (nSPS) is 12.7. The molecule has 0 aliphatic heterocycles. The highest BCUT2D eigenvalue weighted by Crippen LogP contribution is 2.27. The molecule has 0 aromatic rings. The highest BCUT2D eigenvalue weighted by molar-refractivity contribution is 5.92. The number of carboxylic acids is 2. The molecule has 0 saturated heterocycles. The van der Waals surface area contributed by atoms with Gasteiger partial charge in [-0.25, -0.2) is 4.79 Å². The van der Waals surface area contributed by atoms with Gasteiger partial charge in [-0.2, -0.15) is 0 Å². The largest absolute Gasteiger partial charge is 0.481 e. The second-order valence-electron chi connectivity index (χ2n) is 20.5. The molecule has 0 aromatic carbocycles. The van der Waals surface area contributed by atoms with Gasteiger partial charge in [-0.05, 0) is 44.4 Å². The van der Waals surface area contributed by atoms with Gasteiger partial charge in [0.2, 0.25) is 23.6 Å². The van der Waals surface area contributed by atoms with E-state index in [2.05, 4.69) is 16.0 Å². The van der Waals surface area contributed by atoms with Crippen molar-refractivity contribution >= 4 is 52.9 Å². The van der Waals surface area contributed by atoms with Crippen LogP contribution in [0, 0.1) is 23.2 Å².